The molecule has 0 amide bonds. The molecule has 0 heterocycles. The summed E-state index contributed by atoms with van der Waals surface area (Å²) in [4.78, 5) is 10.1. The molecule has 0 spiro atoms. The summed E-state index contributed by atoms with van der Waals surface area (Å²) in [5, 5.41) is 23.4. The van der Waals surface area contributed by atoms with Crippen molar-refractivity contribution in [2.45, 2.75) is 32.8 Å². The van der Waals surface area contributed by atoms with Crippen molar-refractivity contribution in [3.63, 3.8) is 0 Å². The van der Waals surface area contributed by atoms with Crippen LogP contribution in [0.1, 0.15) is 25.8 Å². The highest BCUT2D eigenvalue weighted by atomic mass is 16.6. The largest absolute Gasteiger partial charge is 0.392 e. The van der Waals surface area contributed by atoms with E-state index in [2.05, 4.69) is 19.2 Å². The average molecular weight is 266 g/mol. The number of nitro groups is 1. The standard InChI is InChI=1S/C14H22N2O3/c1-11(2)9-14(17)10-15-8-7-12-3-5-13(6-4-12)16(18)19/h3-6,11,14-15,17H,7-10H2,1-2H3. The highest BCUT2D eigenvalue weighted by Crippen LogP contribution is 2.12. The van der Waals surface area contributed by atoms with Crippen molar-refractivity contribution in [2.75, 3.05) is 13.1 Å². The third-order valence-electron chi connectivity index (χ3n) is 2.86. The van der Waals surface area contributed by atoms with E-state index in [1.54, 1.807) is 12.1 Å². The average Bonchev–Trinajstić information content (AvgIpc) is 2.34. The first-order valence-electron chi connectivity index (χ1n) is 6.61. The van der Waals surface area contributed by atoms with Gasteiger partial charge in [0.25, 0.3) is 5.69 Å². The minimum atomic E-state index is -0.399. The number of non-ortho nitro benzene ring substituents is 1. The molecule has 1 aromatic carbocycles. The van der Waals surface area contributed by atoms with Gasteiger partial charge in [-0.3, -0.25) is 10.1 Å². The Morgan fingerprint density at radius 2 is 1.95 bits per heavy atom. The van der Waals surface area contributed by atoms with Crippen LogP contribution in [0.5, 0.6) is 0 Å². The maximum atomic E-state index is 10.5. The second-order valence-corrected chi connectivity index (χ2v) is 5.16. The van der Waals surface area contributed by atoms with Gasteiger partial charge in [0.15, 0.2) is 0 Å². The molecule has 1 unspecified atom stereocenters. The number of rotatable bonds is 8. The summed E-state index contributed by atoms with van der Waals surface area (Å²) in [6.45, 7) is 5.51. The lowest BCUT2D eigenvalue weighted by Crippen LogP contribution is -2.29. The summed E-state index contributed by atoms with van der Waals surface area (Å²) in [5.74, 6) is 0.492. The Morgan fingerprint density at radius 3 is 2.47 bits per heavy atom. The van der Waals surface area contributed by atoms with E-state index in [1.165, 1.54) is 12.1 Å². The minimum absolute atomic E-state index is 0.115. The van der Waals surface area contributed by atoms with Crippen LogP contribution >= 0.6 is 0 Å². The van der Waals surface area contributed by atoms with Gasteiger partial charge in [-0.05, 0) is 30.9 Å². The first-order valence-corrected chi connectivity index (χ1v) is 6.61. The smallest absolute Gasteiger partial charge is 0.269 e. The number of aliphatic hydroxyl groups is 1. The number of hydrogen-bond acceptors (Lipinski definition) is 4. The second-order valence-electron chi connectivity index (χ2n) is 5.16. The SMILES string of the molecule is CC(C)CC(O)CNCCc1ccc([N+](=O)[O-])cc1. The van der Waals surface area contributed by atoms with Crippen molar-refractivity contribution >= 4 is 5.69 Å². The molecule has 1 aromatic rings. The lowest BCUT2D eigenvalue weighted by Gasteiger charge is -2.13. The Kier molecular flexibility index (Phi) is 6.45. The van der Waals surface area contributed by atoms with Crippen LogP contribution in [0.3, 0.4) is 0 Å². The predicted octanol–water partition coefficient (Wildman–Crippen LogP) is 2.13. The van der Waals surface area contributed by atoms with Crippen molar-refractivity contribution < 1.29 is 10.0 Å². The normalized spacial score (nSPS) is 12.6. The summed E-state index contributed by atoms with van der Waals surface area (Å²) in [5.41, 5.74) is 1.17. The van der Waals surface area contributed by atoms with Gasteiger partial charge in [-0.2, -0.15) is 0 Å². The molecule has 19 heavy (non-hydrogen) atoms. The van der Waals surface area contributed by atoms with Gasteiger partial charge in [0, 0.05) is 18.7 Å². The van der Waals surface area contributed by atoms with Crippen molar-refractivity contribution in [2.24, 2.45) is 5.92 Å². The number of nitro benzene ring substituents is 1. The molecule has 0 fully saturated rings. The number of nitrogens with one attached hydrogen (secondary N) is 1. The summed E-state index contributed by atoms with van der Waals surface area (Å²) < 4.78 is 0. The second kappa shape index (κ2) is 7.86. The number of benzene rings is 1. The van der Waals surface area contributed by atoms with Crippen LogP contribution in [0.2, 0.25) is 0 Å². The number of aliphatic hydroxyl groups excluding tert-OH is 1. The van der Waals surface area contributed by atoms with Gasteiger partial charge < -0.3 is 10.4 Å². The van der Waals surface area contributed by atoms with Crippen LogP contribution in [-0.4, -0.2) is 29.2 Å². The molecule has 1 atom stereocenters. The molecule has 0 aliphatic carbocycles. The fourth-order valence-electron chi connectivity index (χ4n) is 1.91. The Bertz CT molecular complexity index is 390. The number of nitrogens with zero attached hydrogens (tertiary/aromatic N) is 1. The molecule has 5 heteroatoms. The molecule has 5 nitrogen and oxygen atoms in total. The van der Waals surface area contributed by atoms with E-state index >= 15 is 0 Å². The van der Waals surface area contributed by atoms with Crippen LogP contribution in [0.25, 0.3) is 0 Å². The van der Waals surface area contributed by atoms with E-state index in [0.29, 0.717) is 12.5 Å². The highest BCUT2D eigenvalue weighted by Gasteiger charge is 2.06. The van der Waals surface area contributed by atoms with Crippen LogP contribution in [0.4, 0.5) is 5.69 Å². The zero-order chi connectivity index (χ0) is 14.3. The van der Waals surface area contributed by atoms with Crippen molar-refractivity contribution in [3.05, 3.63) is 39.9 Å². The fraction of sp³-hybridized carbons (Fsp3) is 0.571. The topological polar surface area (TPSA) is 75.4 Å². The fourth-order valence-corrected chi connectivity index (χ4v) is 1.91. The Balaban J connectivity index is 2.24. The number of hydrogen-bond donors (Lipinski definition) is 2. The van der Waals surface area contributed by atoms with E-state index in [-0.39, 0.29) is 11.8 Å². The van der Waals surface area contributed by atoms with Gasteiger partial charge in [0.1, 0.15) is 0 Å². The van der Waals surface area contributed by atoms with Crippen LogP contribution in [0.15, 0.2) is 24.3 Å². The first kappa shape index (κ1) is 15.6. The maximum absolute atomic E-state index is 10.5. The maximum Gasteiger partial charge on any atom is 0.269 e. The third-order valence-corrected chi connectivity index (χ3v) is 2.86. The molecule has 106 valence electrons. The van der Waals surface area contributed by atoms with Gasteiger partial charge in [-0.15, -0.1) is 0 Å². The molecule has 0 aromatic heterocycles. The van der Waals surface area contributed by atoms with Crippen LogP contribution in [0, 0.1) is 16.0 Å². The molecule has 0 saturated heterocycles. The summed E-state index contributed by atoms with van der Waals surface area (Å²) in [6, 6.07) is 6.57. The summed E-state index contributed by atoms with van der Waals surface area (Å²) in [7, 11) is 0. The molecular weight excluding hydrogens is 244 g/mol. The molecule has 2 N–H and O–H groups in total. The third kappa shape index (κ3) is 6.31. The highest BCUT2D eigenvalue weighted by molar-refractivity contribution is 5.32. The molecule has 0 bridgehead atoms. The summed E-state index contributed by atoms with van der Waals surface area (Å²) in [6.07, 6.45) is 1.29. The molecule has 0 aliphatic rings. The lowest BCUT2D eigenvalue weighted by molar-refractivity contribution is -0.384. The van der Waals surface area contributed by atoms with E-state index in [9.17, 15) is 15.2 Å². The molecule has 0 aliphatic heterocycles. The molecular formula is C14H22N2O3. The quantitative estimate of drug-likeness (QED) is 0.429. The zero-order valence-corrected chi connectivity index (χ0v) is 11.5. The van der Waals surface area contributed by atoms with E-state index in [0.717, 1.165) is 24.9 Å². The van der Waals surface area contributed by atoms with Crippen LogP contribution in [-0.2, 0) is 6.42 Å². The van der Waals surface area contributed by atoms with Gasteiger partial charge in [0.05, 0.1) is 11.0 Å². The van der Waals surface area contributed by atoms with Crippen molar-refractivity contribution in [1.82, 2.24) is 5.32 Å². The lowest BCUT2D eigenvalue weighted by atomic mass is 10.1. The van der Waals surface area contributed by atoms with Gasteiger partial charge in [-0.1, -0.05) is 26.0 Å². The Morgan fingerprint density at radius 1 is 1.32 bits per heavy atom. The van der Waals surface area contributed by atoms with E-state index in [4.69, 9.17) is 0 Å². The molecule has 0 saturated carbocycles. The van der Waals surface area contributed by atoms with Crippen molar-refractivity contribution in [3.8, 4) is 0 Å². The zero-order valence-electron chi connectivity index (χ0n) is 11.5. The molecule has 0 radical (unpaired) electrons. The Labute approximate surface area is 113 Å². The van der Waals surface area contributed by atoms with E-state index in [1.807, 2.05) is 0 Å². The van der Waals surface area contributed by atoms with Crippen LogP contribution < -0.4 is 5.32 Å². The first-order chi connectivity index (χ1) is 8.99. The monoisotopic (exact) mass is 266 g/mol. The van der Waals surface area contributed by atoms with Gasteiger partial charge >= 0.3 is 0 Å². The minimum Gasteiger partial charge on any atom is -0.392 e. The van der Waals surface area contributed by atoms with Gasteiger partial charge in [0.2, 0.25) is 0 Å². The predicted molar refractivity (Wildman–Crippen MR) is 75.1 cm³/mol. The Hall–Kier alpha value is -1.46. The summed E-state index contributed by atoms with van der Waals surface area (Å²) >= 11 is 0. The molecule has 1 rings (SSSR count). The van der Waals surface area contributed by atoms with Crippen molar-refractivity contribution in [1.29, 1.82) is 0 Å². The van der Waals surface area contributed by atoms with Gasteiger partial charge in [-0.25, -0.2) is 0 Å². The van der Waals surface area contributed by atoms with E-state index < -0.39 is 4.92 Å².